The van der Waals surface area contributed by atoms with Crippen molar-refractivity contribution in [3.8, 4) is 11.1 Å². The summed E-state index contributed by atoms with van der Waals surface area (Å²) in [6, 6.07) is 5.91. The van der Waals surface area contributed by atoms with Gasteiger partial charge in [-0.25, -0.2) is 8.78 Å². The van der Waals surface area contributed by atoms with Gasteiger partial charge in [-0.05, 0) is 110 Å². The van der Waals surface area contributed by atoms with Crippen LogP contribution in [-0.2, 0) is 16.0 Å². The van der Waals surface area contributed by atoms with Gasteiger partial charge in [-0.2, -0.15) is 0 Å². The smallest absolute Gasteiger partial charge is 0.307 e. The van der Waals surface area contributed by atoms with Crippen LogP contribution in [0.2, 0.25) is 0 Å². The van der Waals surface area contributed by atoms with Crippen LogP contribution >= 0.6 is 0 Å². The van der Waals surface area contributed by atoms with Crippen molar-refractivity contribution in [2.24, 2.45) is 5.73 Å². The van der Waals surface area contributed by atoms with Gasteiger partial charge in [0.15, 0.2) is 0 Å². The number of benzene rings is 2. The van der Waals surface area contributed by atoms with Gasteiger partial charge in [0.25, 0.3) is 0 Å². The van der Waals surface area contributed by atoms with Gasteiger partial charge in [-0.3, -0.25) is 4.79 Å². The number of aryl methyl sites for hydroxylation is 2. The van der Waals surface area contributed by atoms with Crippen molar-refractivity contribution >= 4 is 5.97 Å². The second-order valence-electron chi connectivity index (χ2n) is 8.65. The number of allylic oxidation sites excluding steroid dienone is 1. The molecule has 0 amide bonds. The first-order valence-corrected chi connectivity index (χ1v) is 11.5. The third-order valence-corrected chi connectivity index (χ3v) is 6.01. The fourth-order valence-corrected chi connectivity index (χ4v) is 4.31. The van der Waals surface area contributed by atoms with E-state index in [1.54, 1.807) is 19.1 Å². The van der Waals surface area contributed by atoms with Crippen molar-refractivity contribution in [2.75, 3.05) is 6.61 Å². The summed E-state index contributed by atoms with van der Waals surface area (Å²) >= 11 is 0. The molecular formula is C27H33F2NO2. The van der Waals surface area contributed by atoms with Crippen molar-refractivity contribution in [2.45, 2.75) is 70.8 Å². The Morgan fingerprint density at radius 1 is 1.25 bits per heavy atom. The van der Waals surface area contributed by atoms with Gasteiger partial charge in [-0.1, -0.05) is 6.08 Å². The molecule has 1 atom stereocenters. The molecule has 32 heavy (non-hydrogen) atoms. The molecule has 2 N–H and O–H groups in total. The van der Waals surface area contributed by atoms with E-state index in [2.05, 4.69) is 6.58 Å². The van der Waals surface area contributed by atoms with Gasteiger partial charge in [0, 0.05) is 11.6 Å². The first-order valence-electron chi connectivity index (χ1n) is 11.5. The zero-order valence-electron chi connectivity index (χ0n) is 19.1. The number of carbonyl (C=O) groups excluding carboxylic acids is 1. The molecule has 0 saturated heterocycles. The molecule has 5 heteroatoms. The molecule has 0 heterocycles. The van der Waals surface area contributed by atoms with Gasteiger partial charge in [0.2, 0.25) is 0 Å². The molecule has 1 aliphatic rings. The number of ether oxygens (including phenoxy) is 1. The minimum atomic E-state index is -0.803. The second kappa shape index (κ2) is 10.9. The maximum Gasteiger partial charge on any atom is 0.307 e. The van der Waals surface area contributed by atoms with Crippen molar-refractivity contribution in [3.63, 3.8) is 0 Å². The summed E-state index contributed by atoms with van der Waals surface area (Å²) in [7, 11) is 0. The quantitative estimate of drug-likeness (QED) is 0.241. The van der Waals surface area contributed by atoms with Crippen molar-refractivity contribution in [1.29, 1.82) is 0 Å². The van der Waals surface area contributed by atoms with Crippen LogP contribution in [0.3, 0.4) is 0 Å². The molecule has 2 aromatic carbocycles. The van der Waals surface area contributed by atoms with Gasteiger partial charge < -0.3 is 10.5 Å². The maximum atomic E-state index is 15.4. The first kappa shape index (κ1) is 24.1. The zero-order valence-corrected chi connectivity index (χ0v) is 19.1. The van der Waals surface area contributed by atoms with Crippen molar-refractivity contribution in [1.82, 2.24) is 0 Å². The molecule has 0 unspecified atom stereocenters. The van der Waals surface area contributed by atoms with E-state index in [-0.39, 0.29) is 30.6 Å². The number of rotatable bonds is 11. The normalized spacial score (nSPS) is 14.3. The molecular weight excluding hydrogens is 408 g/mol. The lowest BCUT2D eigenvalue weighted by Crippen LogP contribution is -2.19. The first-order chi connectivity index (χ1) is 15.3. The summed E-state index contributed by atoms with van der Waals surface area (Å²) < 4.78 is 34.7. The lowest BCUT2D eigenvalue weighted by Gasteiger charge is -2.20. The molecule has 0 bridgehead atoms. The average molecular weight is 442 g/mol. The Bertz CT molecular complexity index is 982. The van der Waals surface area contributed by atoms with Crippen LogP contribution in [0, 0.1) is 18.6 Å². The molecule has 0 radical (unpaired) electrons. The number of esters is 1. The minimum absolute atomic E-state index is 0.0882. The molecule has 0 aromatic heterocycles. The van der Waals surface area contributed by atoms with Gasteiger partial charge in [0.05, 0.1) is 13.0 Å². The summed E-state index contributed by atoms with van der Waals surface area (Å²) in [4.78, 5) is 12.0. The van der Waals surface area contributed by atoms with Crippen molar-refractivity contribution < 1.29 is 18.3 Å². The number of nitrogens with two attached hydrogens (primary N) is 1. The number of carbonyl (C=O) groups is 1. The Hall–Kier alpha value is -2.53. The van der Waals surface area contributed by atoms with Gasteiger partial charge in [-0.15, -0.1) is 6.58 Å². The number of halogens is 2. The highest BCUT2D eigenvalue weighted by Gasteiger charge is 2.30. The summed E-state index contributed by atoms with van der Waals surface area (Å²) in [5.41, 5.74) is 10.7. The third-order valence-electron chi connectivity index (χ3n) is 6.01. The van der Waals surface area contributed by atoms with Crippen LogP contribution < -0.4 is 5.73 Å². The summed E-state index contributed by atoms with van der Waals surface area (Å²) in [6.45, 7) is 7.62. The van der Waals surface area contributed by atoms with Crippen LogP contribution in [0.5, 0.6) is 0 Å². The van der Waals surface area contributed by atoms with Gasteiger partial charge in [0.1, 0.15) is 11.6 Å². The number of hydrogen-bond acceptors (Lipinski definition) is 3. The predicted octanol–water partition coefficient (Wildman–Crippen LogP) is 6.67. The molecule has 1 fully saturated rings. The monoisotopic (exact) mass is 441 g/mol. The van der Waals surface area contributed by atoms with E-state index in [9.17, 15) is 9.18 Å². The second-order valence-corrected chi connectivity index (χ2v) is 8.65. The SMILES string of the molecule is C=CCCCCc1cc(F)cc(C)c1-c1cc(C2CC2)c(F)c([C@@H](N)CC(=O)OCC)c1. The van der Waals surface area contributed by atoms with E-state index in [0.29, 0.717) is 11.1 Å². The fraction of sp³-hybridized carbons (Fsp3) is 0.444. The third kappa shape index (κ3) is 5.83. The average Bonchev–Trinajstić information content (AvgIpc) is 3.56. The van der Waals surface area contributed by atoms with E-state index < -0.39 is 12.0 Å². The van der Waals surface area contributed by atoms with E-state index in [1.807, 2.05) is 19.1 Å². The molecule has 0 spiro atoms. The van der Waals surface area contributed by atoms with Crippen LogP contribution in [0.15, 0.2) is 36.9 Å². The van der Waals surface area contributed by atoms with E-state index in [1.165, 1.54) is 6.07 Å². The van der Waals surface area contributed by atoms with Crippen LogP contribution in [0.4, 0.5) is 8.78 Å². The highest BCUT2D eigenvalue weighted by Crippen LogP contribution is 2.45. The molecule has 3 rings (SSSR count). The fourth-order valence-electron chi connectivity index (χ4n) is 4.31. The maximum absolute atomic E-state index is 15.4. The minimum Gasteiger partial charge on any atom is -0.466 e. The standard InChI is InChI=1S/C27H33F2NO2/c1-4-6-7-8-9-19-13-21(28)12-17(3)26(19)20-14-22(18-10-11-18)27(29)23(15-20)24(30)16-25(31)32-5-2/h4,12-15,18,24H,1,5-11,16,30H2,2-3H3/t24-/m0/s1. The van der Waals surface area contributed by atoms with Crippen LogP contribution in [0.1, 0.15) is 79.7 Å². The van der Waals surface area contributed by atoms with Crippen LogP contribution in [-0.4, -0.2) is 12.6 Å². The number of unbranched alkanes of at least 4 members (excludes halogenated alkanes) is 2. The lowest BCUT2D eigenvalue weighted by molar-refractivity contribution is -0.143. The Labute approximate surface area is 189 Å². The Balaban J connectivity index is 2.04. The topological polar surface area (TPSA) is 52.3 Å². The largest absolute Gasteiger partial charge is 0.466 e. The molecule has 1 saturated carbocycles. The molecule has 3 nitrogen and oxygen atoms in total. The van der Waals surface area contributed by atoms with E-state index in [4.69, 9.17) is 10.5 Å². The van der Waals surface area contributed by atoms with Crippen molar-refractivity contribution in [3.05, 3.63) is 70.8 Å². The summed E-state index contributed by atoms with van der Waals surface area (Å²) in [5, 5.41) is 0. The Kier molecular flexibility index (Phi) is 8.19. The highest BCUT2D eigenvalue weighted by atomic mass is 19.1. The van der Waals surface area contributed by atoms with E-state index in [0.717, 1.165) is 60.8 Å². The molecule has 0 aliphatic heterocycles. The summed E-state index contributed by atoms with van der Waals surface area (Å²) in [6.07, 6.45) is 7.19. The summed E-state index contributed by atoms with van der Waals surface area (Å²) in [5.74, 6) is -0.881. The van der Waals surface area contributed by atoms with Crippen LogP contribution in [0.25, 0.3) is 11.1 Å². The van der Waals surface area contributed by atoms with E-state index >= 15 is 4.39 Å². The zero-order chi connectivity index (χ0) is 23.3. The Morgan fingerprint density at radius 2 is 2.00 bits per heavy atom. The number of hydrogen-bond donors (Lipinski definition) is 1. The molecule has 1 aliphatic carbocycles. The Morgan fingerprint density at radius 3 is 2.66 bits per heavy atom. The molecule has 172 valence electrons. The molecule has 2 aromatic rings. The lowest BCUT2D eigenvalue weighted by atomic mass is 9.87. The predicted molar refractivity (Wildman–Crippen MR) is 124 cm³/mol. The van der Waals surface area contributed by atoms with Gasteiger partial charge >= 0.3 is 5.97 Å². The highest BCUT2D eigenvalue weighted by molar-refractivity contribution is 5.74.